The van der Waals surface area contributed by atoms with Crippen molar-refractivity contribution in [3.8, 4) is 5.75 Å². The molecule has 3 heteroatoms. The molecule has 0 aromatic heterocycles. The summed E-state index contributed by atoms with van der Waals surface area (Å²) < 4.78 is 36.9. The summed E-state index contributed by atoms with van der Waals surface area (Å²) in [6, 6.07) is 6.26. The van der Waals surface area contributed by atoms with Crippen molar-refractivity contribution in [3.05, 3.63) is 24.3 Å². The summed E-state index contributed by atoms with van der Waals surface area (Å²) in [5, 5.41) is 0. The highest BCUT2D eigenvalue weighted by Crippen LogP contribution is 2.13. The maximum absolute atomic E-state index is 7.99. The van der Waals surface area contributed by atoms with Crippen LogP contribution in [0, 0.1) is 0 Å². The second kappa shape index (κ2) is 5.03. The smallest absolute Gasteiger partial charge is 0.119 e. The first-order chi connectivity index (χ1) is 8.83. The summed E-state index contributed by atoms with van der Waals surface area (Å²) in [5.41, 5.74) is 6.10. The lowest BCUT2D eigenvalue weighted by Gasteiger charge is -2.14. The number of benzene rings is 1. The van der Waals surface area contributed by atoms with Crippen LogP contribution in [0.4, 0.5) is 5.69 Å². The molecule has 1 saturated heterocycles. The van der Waals surface area contributed by atoms with Crippen molar-refractivity contribution in [1.82, 2.24) is 4.90 Å². The van der Waals surface area contributed by atoms with Gasteiger partial charge in [0.1, 0.15) is 12.3 Å². The Balaban J connectivity index is 2.14. The highest BCUT2D eigenvalue weighted by Gasteiger charge is 2.10. The fourth-order valence-corrected chi connectivity index (χ4v) is 1.51. The summed E-state index contributed by atoms with van der Waals surface area (Å²) >= 11 is 0. The van der Waals surface area contributed by atoms with Crippen LogP contribution < -0.4 is 10.5 Å². The molecule has 2 N–H and O–H groups in total. The predicted octanol–water partition coefficient (Wildman–Crippen LogP) is 1.74. The number of hydrogen-bond acceptors (Lipinski definition) is 3. The molecular formula is C12H18N2O. The normalized spacial score (nSPS) is 22.7. The van der Waals surface area contributed by atoms with Gasteiger partial charge in [0.2, 0.25) is 0 Å². The van der Waals surface area contributed by atoms with Gasteiger partial charge in [-0.3, -0.25) is 4.90 Å². The van der Waals surface area contributed by atoms with Gasteiger partial charge in [-0.1, -0.05) is 0 Å². The van der Waals surface area contributed by atoms with Crippen LogP contribution in [0.25, 0.3) is 0 Å². The van der Waals surface area contributed by atoms with Gasteiger partial charge in [0.15, 0.2) is 0 Å². The number of nitrogen functional groups attached to an aromatic ring is 1. The second-order valence-electron chi connectivity index (χ2n) is 3.58. The number of ether oxygens (including phenoxy) is 1. The zero-order valence-corrected chi connectivity index (χ0v) is 8.57. The molecule has 0 spiro atoms. The van der Waals surface area contributed by atoms with E-state index in [9.17, 15) is 0 Å². The van der Waals surface area contributed by atoms with E-state index < -0.39 is 13.1 Å². The number of nitrogens with zero attached hydrogens (tertiary/aromatic N) is 1. The minimum atomic E-state index is -2.42. The van der Waals surface area contributed by atoms with E-state index in [1.165, 1.54) is 17.0 Å². The summed E-state index contributed by atoms with van der Waals surface area (Å²) in [6.07, 6.45) is 1.77. The Morgan fingerprint density at radius 2 is 1.93 bits per heavy atom. The van der Waals surface area contributed by atoms with Crippen molar-refractivity contribution < 1.29 is 10.2 Å². The molecule has 1 aromatic carbocycles. The molecule has 82 valence electrons. The van der Waals surface area contributed by atoms with E-state index in [1.807, 2.05) is 0 Å². The van der Waals surface area contributed by atoms with Crippen LogP contribution in [0.5, 0.6) is 5.75 Å². The zero-order chi connectivity index (χ0) is 14.1. The van der Waals surface area contributed by atoms with E-state index in [0.29, 0.717) is 18.8 Å². The number of rotatable bonds is 4. The maximum Gasteiger partial charge on any atom is 0.119 e. The fourth-order valence-electron chi connectivity index (χ4n) is 1.51. The van der Waals surface area contributed by atoms with E-state index in [1.54, 1.807) is 12.1 Å². The van der Waals surface area contributed by atoms with E-state index in [-0.39, 0.29) is 5.75 Å². The SMILES string of the molecule is [2H]C([2H])(Oc1ccc(N)cc1)C([2H])([2H])N1CCCC1. The van der Waals surface area contributed by atoms with E-state index >= 15 is 0 Å². The minimum Gasteiger partial charge on any atom is -0.492 e. The lowest BCUT2D eigenvalue weighted by molar-refractivity contribution is 0.238. The maximum atomic E-state index is 7.99. The van der Waals surface area contributed by atoms with Crippen LogP contribution in [0.15, 0.2) is 24.3 Å². The Hall–Kier alpha value is -1.22. The molecule has 0 bridgehead atoms. The van der Waals surface area contributed by atoms with E-state index in [2.05, 4.69) is 0 Å². The number of anilines is 1. The Kier molecular flexibility index (Phi) is 2.14. The van der Waals surface area contributed by atoms with Gasteiger partial charge >= 0.3 is 0 Å². The Morgan fingerprint density at radius 3 is 2.60 bits per heavy atom. The zero-order valence-electron chi connectivity index (χ0n) is 12.6. The molecule has 1 fully saturated rings. The third kappa shape index (κ3) is 3.13. The third-order valence-corrected chi connectivity index (χ3v) is 2.36. The first-order valence-corrected chi connectivity index (χ1v) is 5.12. The minimum absolute atomic E-state index is 0.266. The van der Waals surface area contributed by atoms with Gasteiger partial charge in [0.25, 0.3) is 0 Å². The van der Waals surface area contributed by atoms with Crippen LogP contribution in [0.2, 0.25) is 0 Å². The van der Waals surface area contributed by atoms with Crippen LogP contribution in [0.3, 0.4) is 0 Å². The molecule has 1 heterocycles. The van der Waals surface area contributed by atoms with Gasteiger partial charge in [0.05, 0.1) is 2.74 Å². The molecule has 0 aliphatic carbocycles. The molecular weight excluding hydrogens is 188 g/mol. The van der Waals surface area contributed by atoms with Crippen molar-refractivity contribution in [3.63, 3.8) is 0 Å². The highest BCUT2D eigenvalue weighted by atomic mass is 16.5. The van der Waals surface area contributed by atoms with Crippen molar-refractivity contribution in [2.45, 2.75) is 12.8 Å². The van der Waals surface area contributed by atoms with Gasteiger partial charge in [-0.05, 0) is 50.2 Å². The van der Waals surface area contributed by atoms with Crippen LogP contribution in [-0.4, -0.2) is 31.0 Å². The van der Waals surface area contributed by atoms with Crippen LogP contribution in [-0.2, 0) is 0 Å². The largest absolute Gasteiger partial charge is 0.492 e. The van der Waals surface area contributed by atoms with Gasteiger partial charge in [-0.2, -0.15) is 0 Å². The summed E-state index contributed by atoms with van der Waals surface area (Å²) in [4.78, 5) is 1.49. The van der Waals surface area contributed by atoms with E-state index in [0.717, 1.165) is 12.8 Å². The summed E-state index contributed by atoms with van der Waals surface area (Å²) in [5.74, 6) is 0.266. The fraction of sp³-hybridized carbons (Fsp3) is 0.500. The van der Waals surface area contributed by atoms with Crippen molar-refractivity contribution in [1.29, 1.82) is 0 Å². The van der Waals surface area contributed by atoms with Crippen LogP contribution >= 0.6 is 0 Å². The third-order valence-electron chi connectivity index (χ3n) is 2.36. The highest BCUT2D eigenvalue weighted by molar-refractivity contribution is 5.41. The van der Waals surface area contributed by atoms with Gasteiger partial charge in [0, 0.05) is 14.9 Å². The topological polar surface area (TPSA) is 38.5 Å². The molecule has 0 saturated carbocycles. The van der Waals surface area contributed by atoms with Gasteiger partial charge in [-0.25, -0.2) is 0 Å². The quantitative estimate of drug-likeness (QED) is 0.769. The monoisotopic (exact) mass is 210 g/mol. The Morgan fingerprint density at radius 1 is 1.27 bits per heavy atom. The first kappa shape index (κ1) is 6.38. The molecule has 0 radical (unpaired) electrons. The molecule has 0 amide bonds. The molecule has 1 aliphatic heterocycles. The average Bonchev–Trinajstić information content (AvgIpc) is 2.86. The lowest BCUT2D eigenvalue weighted by atomic mass is 10.3. The van der Waals surface area contributed by atoms with E-state index in [4.69, 9.17) is 16.0 Å². The van der Waals surface area contributed by atoms with Crippen molar-refractivity contribution >= 4 is 5.69 Å². The predicted molar refractivity (Wildman–Crippen MR) is 62.0 cm³/mol. The molecule has 0 unspecified atom stereocenters. The summed E-state index contributed by atoms with van der Waals surface area (Å²) in [7, 11) is 0. The number of likely N-dealkylation sites (tertiary alicyclic amines) is 1. The molecule has 3 nitrogen and oxygen atoms in total. The molecule has 15 heavy (non-hydrogen) atoms. The lowest BCUT2D eigenvalue weighted by Crippen LogP contribution is -2.25. The van der Waals surface area contributed by atoms with Gasteiger partial charge < -0.3 is 10.5 Å². The van der Waals surface area contributed by atoms with Crippen molar-refractivity contribution in [2.75, 3.05) is 31.9 Å². The van der Waals surface area contributed by atoms with Crippen LogP contribution in [0.1, 0.15) is 18.3 Å². The molecule has 1 aromatic rings. The van der Waals surface area contributed by atoms with Crippen molar-refractivity contribution in [2.24, 2.45) is 0 Å². The summed E-state index contributed by atoms with van der Waals surface area (Å²) in [6.45, 7) is -3.48. The first-order valence-electron chi connectivity index (χ1n) is 7.12. The Labute approximate surface area is 96.4 Å². The van der Waals surface area contributed by atoms with Gasteiger partial charge in [-0.15, -0.1) is 0 Å². The molecule has 0 atom stereocenters. The Bertz CT molecular complexity index is 430. The number of nitrogens with two attached hydrogens (primary N) is 1. The average molecular weight is 210 g/mol. The standard InChI is InChI=1S/C12H18N2O/c13-11-3-5-12(6-4-11)15-10-9-14-7-1-2-8-14/h3-6H,1-2,7-10,13H2/i9D2,10D2. The second-order valence-corrected chi connectivity index (χ2v) is 3.58. The molecule has 2 rings (SSSR count). The molecule has 1 aliphatic rings. The number of hydrogen-bond donors (Lipinski definition) is 1.